The molecule has 0 amide bonds. The quantitative estimate of drug-likeness (QED) is 0.587. The molecule has 1 atom stereocenters. The zero-order valence-corrected chi connectivity index (χ0v) is 10.4. The first-order valence-electron chi connectivity index (χ1n) is 5.79. The molecule has 0 bridgehead atoms. The van der Waals surface area contributed by atoms with Crippen LogP contribution in [-0.4, -0.2) is 22.5 Å². The summed E-state index contributed by atoms with van der Waals surface area (Å²) in [5.41, 5.74) is -0.0981. The maximum absolute atomic E-state index is 12.9. The summed E-state index contributed by atoms with van der Waals surface area (Å²) in [6.07, 6.45) is 0.520. The monoisotopic (exact) mass is 270 g/mol. The number of carboxylic acids is 1. The third kappa shape index (κ3) is 4.90. The number of hydrogen-bond donors (Lipinski definition) is 2. The zero-order chi connectivity index (χ0) is 14.4. The largest absolute Gasteiger partial charge is 0.481 e. The Bertz CT molecular complexity index is 479. The van der Waals surface area contributed by atoms with Crippen LogP contribution in [0.1, 0.15) is 19.8 Å². The van der Waals surface area contributed by atoms with Crippen LogP contribution >= 0.6 is 0 Å². The molecule has 0 saturated carbocycles. The molecule has 19 heavy (non-hydrogen) atoms. The lowest BCUT2D eigenvalue weighted by atomic mass is 10.1. The first kappa shape index (κ1) is 14.9. The summed E-state index contributed by atoms with van der Waals surface area (Å²) in [6, 6.07) is 3.29. The predicted molar refractivity (Wildman–Crippen MR) is 67.6 cm³/mol. The van der Waals surface area contributed by atoms with E-state index in [1.807, 2.05) is 6.92 Å². The van der Waals surface area contributed by atoms with E-state index < -0.39 is 16.7 Å². The molecule has 1 aromatic rings. The number of nitro benzene ring substituents is 1. The van der Waals surface area contributed by atoms with Crippen LogP contribution in [0.2, 0.25) is 0 Å². The Kier molecular flexibility index (Phi) is 5.23. The lowest BCUT2D eigenvalue weighted by molar-refractivity contribution is -0.384. The summed E-state index contributed by atoms with van der Waals surface area (Å²) in [4.78, 5) is 20.5. The molecule has 0 saturated heterocycles. The van der Waals surface area contributed by atoms with Gasteiger partial charge in [-0.2, -0.15) is 0 Å². The minimum absolute atomic E-state index is 0.0424. The van der Waals surface area contributed by atoms with Crippen LogP contribution in [0.3, 0.4) is 0 Å². The van der Waals surface area contributed by atoms with Crippen molar-refractivity contribution in [2.75, 3.05) is 11.9 Å². The molecule has 0 aliphatic carbocycles. The van der Waals surface area contributed by atoms with Crippen molar-refractivity contribution in [3.63, 3.8) is 0 Å². The Hall–Kier alpha value is -2.18. The molecule has 104 valence electrons. The maximum atomic E-state index is 12.9. The molecular formula is C12H15FN2O4. The van der Waals surface area contributed by atoms with Gasteiger partial charge in [-0.3, -0.25) is 14.9 Å². The highest BCUT2D eigenvalue weighted by atomic mass is 19.1. The van der Waals surface area contributed by atoms with Crippen molar-refractivity contribution in [2.45, 2.75) is 19.8 Å². The molecule has 6 nitrogen and oxygen atoms in total. The van der Waals surface area contributed by atoms with Crippen LogP contribution in [-0.2, 0) is 4.79 Å². The second-order valence-corrected chi connectivity index (χ2v) is 4.34. The van der Waals surface area contributed by atoms with Gasteiger partial charge in [0.15, 0.2) is 0 Å². The first-order valence-corrected chi connectivity index (χ1v) is 5.79. The van der Waals surface area contributed by atoms with E-state index in [9.17, 15) is 19.3 Å². The van der Waals surface area contributed by atoms with Gasteiger partial charge >= 0.3 is 5.97 Å². The van der Waals surface area contributed by atoms with E-state index in [0.717, 1.165) is 12.1 Å². The van der Waals surface area contributed by atoms with E-state index in [4.69, 9.17) is 5.11 Å². The smallest absolute Gasteiger partial charge is 0.303 e. The average molecular weight is 270 g/mol. The molecular weight excluding hydrogens is 255 g/mol. The standard InChI is InChI=1S/C12H15FN2O4/c1-8(2-5-12(16)17)7-14-10-4-3-9(13)6-11(10)15(18)19/h3-4,6,8,14H,2,5,7H2,1H3,(H,16,17). The molecule has 0 heterocycles. The lowest BCUT2D eigenvalue weighted by Gasteiger charge is -2.12. The number of hydrogen-bond acceptors (Lipinski definition) is 4. The maximum Gasteiger partial charge on any atom is 0.303 e. The van der Waals surface area contributed by atoms with Crippen molar-refractivity contribution in [3.8, 4) is 0 Å². The van der Waals surface area contributed by atoms with E-state index >= 15 is 0 Å². The van der Waals surface area contributed by atoms with Crippen LogP contribution in [0.25, 0.3) is 0 Å². The normalized spacial score (nSPS) is 11.9. The Balaban J connectivity index is 2.62. The molecule has 0 aliphatic heterocycles. The fraction of sp³-hybridized carbons (Fsp3) is 0.417. The van der Waals surface area contributed by atoms with Gasteiger partial charge < -0.3 is 10.4 Å². The van der Waals surface area contributed by atoms with Gasteiger partial charge in [0.1, 0.15) is 11.5 Å². The first-order chi connectivity index (χ1) is 8.90. The molecule has 2 N–H and O–H groups in total. The highest BCUT2D eigenvalue weighted by Gasteiger charge is 2.15. The zero-order valence-electron chi connectivity index (χ0n) is 10.4. The van der Waals surface area contributed by atoms with E-state index in [0.29, 0.717) is 13.0 Å². The van der Waals surface area contributed by atoms with Gasteiger partial charge in [0.25, 0.3) is 5.69 Å². The Morgan fingerprint density at radius 1 is 1.58 bits per heavy atom. The highest BCUT2D eigenvalue weighted by molar-refractivity contribution is 5.66. The Morgan fingerprint density at radius 3 is 2.84 bits per heavy atom. The summed E-state index contributed by atoms with van der Waals surface area (Å²) in [7, 11) is 0. The van der Waals surface area contributed by atoms with Gasteiger partial charge in [0.2, 0.25) is 0 Å². The Morgan fingerprint density at radius 2 is 2.26 bits per heavy atom. The predicted octanol–water partition coefficient (Wildman–Crippen LogP) is 2.65. The van der Waals surface area contributed by atoms with Crippen molar-refractivity contribution >= 4 is 17.3 Å². The van der Waals surface area contributed by atoms with E-state index in [-0.39, 0.29) is 23.7 Å². The lowest BCUT2D eigenvalue weighted by Crippen LogP contribution is -2.13. The highest BCUT2D eigenvalue weighted by Crippen LogP contribution is 2.25. The number of benzene rings is 1. The molecule has 1 rings (SSSR count). The minimum atomic E-state index is -0.875. The van der Waals surface area contributed by atoms with Gasteiger partial charge in [-0.1, -0.05) is 6.92 Å². The topological polar surface area (TPSA) is 92.5 Å². The van der Waals surface area contributed by atoms with Crippen LogP contribution in [0, 0.1) is 21.8 Å². The minimum Gasteiger partial charge on any atom is -0.481 e. The average Bonchev–Trinajstić information content (AvgIpc) is 2.34. The van der Waals surface area contributed by atoms with Crippen molar-refractivity contribution in [1.82, 2.24) is 0 Å². The summed E-state index contributed by atoms with van der Waals surface area (Å²) in [5, 5.41) is 22.1. The molecule has 0 radical (unpaired) electrons. The molecule has 0 spiro atoms. The van der Waals surface area contributed by atoms with Gasteiger partial charge in [-0.25, -0.2) is 4.39 Å². The molecule has 7 heteroatoms. The molecule has 0 fully saturated rings. The van der Waals surface area contributed by atoms with Gasteiger partial charge in [0.05, 0.1) is 11.0 Å². The number of nitrogens with one attached hydrogen (secondary N) is 1. The second-order valence-electron chi connectivity index (χ2n) is 4.34. The number of rotatable bonds is 7. The van der Waals surface area contributed by atoms with Gasteiger partial charge in [-0.05, 0) is 24.5 Å². The molecule has 1 aromatic carbocycles. The summed E-state index contributed by atoms with van der Waals surface area (Å²) >= 11 is 0. The fourth-order valence-corrected chi connectivity index (χ4v) is 1.56. The van der Waals surface area contributed by atoms with Crippen molar-refractivity contribution in [2.24, 2.45) is 5.92 Å². The Labute approximate surface area is 109 Å². The van der Waals surface area contributed by atoms with Crippen molar-refractivity contribution in [1.29, 1.82) is 0 Å². The number of halogens is 1. The SMILES string of the molecule is CC(CCC(=O)O)CNc1ccc(F)cc1[N+](=O)[O-]. The molecule has 1 unspecified atom stereocenters. The fourth-order valence-electron chi connectivity index (χ4n) is 1.56. The van der Waals surface area contributed by atoms with Gasteiger partial charge in [0, 0.05) is 13.0 Å². The van der Waals surface area contributed by atoms with Crippen molar-refractivity contribution < 1.29 is 19.2 Å². The third-order valence-electron chi connectivity index (χ3n) is 2.65. The summed E-state index contributed by atoms with van der Waals surface area (Å²) in [5.74, 6) is -1.50. The van der Waals surface area contributed by atoms with E-state index in [1.54, 1.807) is 0 Å². The van der Waals surface area contributed by atoms with Crippen LogP contribution in [0.5, 0.6) is 0 Å². The third-order valence-corrected chi connectivity index (χ3v) is 2.65. The second kappa shape index (κ2) is 6.67. The van der Waals surface area contributed by atoms with Gasteiger partial charge in [-0.15, -0.1) is 0 Å². The van der Waals surface area contributed by atoms with Crippen LogP contribution in [0.15, 0.2) is 18.2 Å². The molecule has 0 aliphatic rings. The van der Waals surface area contributed by atoms with Crippen LogP contribution in [0.4, 0.5) is 15.8 Å². The molecule has 0 aromatic heterocycles. The van der Waals surface area contributed by atoms with E-state index in [1.165, 1.54) is 6.07 Å². The summed E-state index contributed by atoms with van der Waals surface area (Å²) < 4.78 is 12.9. The number of nitro groups is 1. The number of anilines is 1. The number of aliphatic carboxylic acids is 1. The van der Waals surface area contributed by atoms with E-state index in [2.05, 4.69) is 5.32 Å². The number of carbonyl (C=O) groups is 1. The van der Waals surface area contributed by atoms with Crippen molar-refractivity contribution in [3.05, 3.63) is 34.1 Å². The number of carboxylic acid groups (broad SMARTS) is 1. The number of nitrogens with zero attached hydrogens (tertiary/aromatic N) is 1. The van der Waals surface area contributed by atoms with Crippen LogP contribution < -0.4 is 5.32 Å². The summed E-state index contributed by atoms with van der Waals surface area (Å²) in [6.45, 7) is 2.23.